The Balaban J connectivity index is 1.60. The molecule has 3 amide bonds. The predicted octanol–water partition coefficient (Wildman–Crippen LogP) is 2.98. The van der Waals surface area contributed by atoms with Gasteiger partial charge in [-0.25, -0.2) is 5.43 Å². The summed E-state index contributed by atoms with van der Waals surface area (Å²) in [6.07, 6.45) is 4.94. The van der Waals surface area contributed by atoms with E-state index in [1.807, 2.05) is 33.9 Å². The summed E-state index contributed by atoms with van der Waals surface area (Å²) in [7, 11) is 0. The lowest BCUT2D eigenvalue weighted by Crippen LogP contribution is -2.61. The van der Waals surface area contributed by atoms with Gasteiger partial charge in [0, 0.05) is 29.2 Å². The molecule has 0 unspecified atom stereocenters. The molecule has 10 nitrogen and oxygen atoms in total. The number of hydrogen-bond donors (Lipinski definition) is 4. The first kappa shape index (κ1) is 31.0. The Morgan fingerprint density at radius 2 is 1.85 bits per heavy atom. The number of fused-ring (bicyclic) bond motifs is 1. The average molecular weight is 554 g/mol. The summed E-state index contributed by atoms with van der Waals surface area (Å²) in [5.41, 5.74) is 4.11. The quantitative estimate of drug-likeness (QED) is 0.335. The Bertz CT molecular complexity index is 1240. The fourth-order valence-electron chi connectivity index (χ4n) is 4.74. The largest absolute Gasteiger partial charge is 0.480 e. The van der Waals surface area contributed by atoms with Gasteiger partial charge >= 0.3 is 5.97 Å². The number of carbonyl (C=O) groups excluding carboxylic acids is 3. The highest BCUT2D eigenvalue weighted by molar-refractivity contribution is 5.93. The van der Waals surface area contributed by atoms with Gasteiger partial charge in [-0.15, -0.1) is 0 Å². The number of amides is 3. The normalized spacial score (nSPS) is 17.4. The van der Waals surface area contributed by atoms with Gasteiger partial charge in [-0.1, -0.05) is 52.8 Å². The van der Waals surface area contributed by atoms with Crippen LogP contribution in [-0.2, 0) is 32.0 Å². The number of carbonyl (C=O) groups is 4. The molecule has 1 saturated heterocycles. The number of carboxylic acid groups (broad SMARTS) is 1. The highest BCUT2D eigenvalue weighted by atomic mass is 16.4. The summed E-state index contributed by atoms with van der Waals surface area (Å²) >= 11 is 0. The molecular weight excluding hydrogens is 510 g/mol. The lowest BCUT2D eigenvalue weighted by Gasteiger charge is -2.34. The molecule has 3 rings (SSSR count). The number of benzene rings is 1. The van der Waals surface area contributed by atoms with E-state index < -0.39 is 41.3 Å². The van der Waals surface area contributed by atoms with Gasteiger partial charge in [0.25, 0.3) is 5.91 Å². The Hall–Kier alpha value is -3.53. The van der Waals surface area contributed by atoms with Crippen molar-refractivity contribution < 1.29 is 24.3 Å². The second kappa shape index (κ2) is 13.2. The van der Waals surface area contributed by atoms with Crippen LogP contribution in [0.2, 0.25) is 0 Å². The van der Waals surface area contributed by atoms with Crippen LogP contribution in [0.15, 0.2) is 30.5 Å². The molecule has 0 aliphatic carbocycles. The minimum absolute atomic E-state index is 0.221. The summed E-state index contributed by atoms with van der Waals surface area (Å²) in [4.78, 5) is 55.2. The van der Waals surface area contributed by atoms with Crippen LogP contribution in [0.3, 0.4) is 0 Å². The zero-order valence-electron chi connectivity index (χ0n) is 24.4. The summed E-state index contributed by atoms with van der Waals surface area (Å²) in [5.74, 6) is -2.39. The Morgan fingerprint density at radius 3 is 2.50 bits per heavy atom. The van der Waals surface area contributed by atoms with E-state index in [0.717, 1.165) is 22.9 Å². The molecule has 1 aliphatic heterocycles. The maximum Gasteiger partial charge on any atom is 0.322 e. The molecule has 1 aromatic heterocycles. The average Bonchev–Trinajstić information content (AvgIpc) is 2.93. The molecule has 1 aromatic carbocycles. The lowest BCUT2D eigenvalue weighted by atomic mass is 9.85. The topological polar surface area (TPSA) is 141 Å². The standard InChI is InChI=1S/C30H43N5O5/c1-7-20-10-11-21-17-31-23(16-22(21)15-20)12-13-30(5,6)29(40)33-25(18(2)3)26(36)32-19(4)27(37)35-14-8-9-24(34-35)28(38)39/h10-11,15-19,24-25,34H,7-9,12-14H2,1-6H3,(H,32,36)(H,33,40)(H,38,39)/t19-,24-,25-/m0/s1. The van der Waals surface area contributed by atoms with Gasteiger partial charge in [0.1, 0.15) is 18.1 Å². The van der Waals surface area contributed by atoms with Crippen molar-refractivity contribution in [3.63, 3.8) is 0 Å². The number of rotatable bonds is 11. The van der Waals surface area contributed by atoms with Crippen LogP contribution in [0.4, 0.5) is 0 Å². The van der Waals surface area contributed by atoms with Crippen LogP contribution in [0.25, 0.3) is 10.8 Å². The van der Waals surface area contributed by atoms with Crippen molar-refractivity contribution in [3.8, 4) is 0 Å². The minimum Gasteiger partial charge on any atom is -0.480 e. The molecule has 4 N–H and O–H groups in total. The molecular formula is C30H43N5O5. The molecule has 0 bridgehead atoms. The van der Waals surface area contributed by atoms with Crippen molar-refractivity contribution in [3.05, 3.63) is 41.7 Å². The van der Waals surface area contributed by atoms with Crippen LogP contribution in [0.1, 0.15) is 72.1 Å². The van der Waals surface area contributed by atoms with E-state index >= 15 is 0 Å². The van der Waals surface area contributed by atoms with E-state index in [-0.39, 0.29) is 11.8 Å². The van der Waals surface area contributed by atoms with Gasteiger partial charge in [-0.2, -0.15) is 0 Å². The molecule has 1 fully saturated rings. The van der Waals surface area contributed by atoms with Crippen molar-refractivity contribution in [1.82, 2.24) is 26.1 Å². The Morgan fingerprint density at radius 1 is 1.12 bits per heavy atom. The number of nitrogens with zero attached hydrogens (tertiary/aromatic N) is 2. The highest BCUT2D eigenvalue weighted by Crippen LogP contribution is 2.25. The second-order valence-electron chi connectivity index (χ2n) is 11.7. The maximum atomic E-state index is 13.3. The van der Waals surface area contributed by atoms with Crippen molar-refractivity contribution >= 4 is 34.5 Å². The fraction of sp³-hybridized carbons (Fsp3) is 0.567. The second-order valence-corrected chi connectivity index (χ2v) is 11.7. The number of aryl methyl sites for hydroxylation is 2. The molecule has 218 valence electrons. The smallest absolute Gasteiger partial charge is 0.322 e. The molecule has 3 atom stereocenters. The van der Waals surface area contributed by atoms with Gasteiger partial charge < -0.3 is 15.7 Å². The SMILES string of the molecule is CCc1ccc2cnc(CCC(C)(C)C(=O)N[C@H](C(=O)N[C@@H](C)C(=O)N3CCC[C@@H](C(=O)O)N3)C(C)C)cc2c1. The van der Waals surface area contributed by atoms with E-state index in [4.69, 9.17) is 0 Å². The van der Waals surface area contributed by atoms with Gasteiger partial charge in [0.2, 0.25) is 11.8 Å². The van der Waals surface area contributed by atoms with Crippen molar-refractivity contribution in [2.75, 3.05) is 6.54 Å². The van der Waals surface area contributed by atoms with Gasteiger partial charge in [-0.3, -0.25) is 29.2 Å². The number of aromatic nitrogens is 1. The first-order valence-electron chi connectivity index (χ1n) is 14.1. The molecule has 10 heteroatoms. The van der Waals surface area contributed by atoms with Crippen molar-refractivity contribution in [1.29, 1.82) is 0 Å². The van der Waals surface area contributed by atoms with E-state index in [9.17, 15) is 24.3 Å². The highest BCUT2D eigenvalue weighted by Gasteiger charge is 2.35. The fourth-order valence-corrected chi connectivity index (χ4v) is 4.74. The molecule has 2 aromatic rings. The zero-order chi connectivity index (χ0) is 29.6. The third-order valence-corrected chi connectivity index (χ3v) is 7.59. The van der Waals surface area contributed by atoms with Gasteiger partial charge in [-0.05, 0) is 62.0 Å². The van der Waals surface area contributed by atoms with Crippen LogP contribution in [-0.4, -0.2) is 63.5 Å². The van der Waals surface area contributed by atoms with Gasteiger partial charge in [0.05, 0.1) is 0 Å². The minimum atomic E-state index is -1.03. The molecule has 0 radical (unpaired) electrons. The monoisotopic (exact) mass is 553 g/mol. The summed E-state index contributed by atoms with van der Waals surface area (Å²) in [6, 6.07) is 5.84. The van der Waals surface area contributed by atoms with E-state index in [1.165, 1.54) is 10.6 Å². The summed E-state index contributed by atoms with van der Waals surface area (Å²) in [6.45, 7) is 11.4. The first-order chi connectivity index (χ1) is 18.8. The predicted molar refractivity (Wildman–Crippen MR) is 153 cm³/mol. The van der Waals surface area contributed by atoms with E-state index in [0.29, 0.717) is 32.2 Å². The Labute approximate surface area is 236 Å². The third-order valence-electron chi connectivity index (χ3n) is 7.59. The van der Waals surface area contributed by atoms with Crippen molar-refractivity contribution in [2.24, 2.45) is 11.3 Å². The number of hydrogen-bond acceptors (Lipinski definition) is 6. The number of nitrogens with one attached hydrogen (secondary N) is 3. The van der Waals surface area contributed by atoms with E-state index in [2.05, 4.69) is 52.2 Å². The zero-order valence-corrected chi connectivity index (χ0v) is 24.4. The lowest BCUT2D eigenvalue weighted by molar-refractivity contribution is -0.148. The van der Waals surface area contributed by atoms with Gasteiger partial charge in [0.15, 0.2) is 0 Å². The number of pyridine rings is 1. The van der Waals surface area contributed by atoms with Crippen LogP contribution in [0, 0.1) is 11.3 Å². The molecule has 1 aliphatic rings. The van der Waals surface area contributed by atoms with E-state index in [1.54, 1.807) is 6.92 Å². The molecule has 0 spiro atoms. The van der Waals surface area contributed by atoms with Crippen molar-refractivity contribution in [2.45, 2.75) is 91.8 Å². The molecule has 40 heavy (non-hydrogen) atoms. The number of aliphatic carboxylic acids is 1. The van der Waals surface area contributed by atoms with Crippen LogP contribution < -0.4 is 16.1 Å². The summed E-state index contributed by atoms with van der Waals surface area (Å²) < 4.78 is 0. The van der Waals surface area contributed by atoms with Crippen LogP contribution >= 0.6 is 0 Å². The summed E-state index contributed by atoms with van der Waals surface area (Å²) in [5, 5.41) is 18.3. The van der Waals surface area contributed by atoms with Crippen LogP contribution in [0.5, 0.6) is 0 Å². The molecule has 0 saturated carbocycles. The Kier molecular flexibility index (Phi) is 10.2. The number of hydrazine groups is 1. The number of carboxylic acids is 1. The first-order valence-corrected chi connectivity index (χ1v) is 14.1. The maximum absolute atomic E-state index is 13.3. The third kappa shape index (κ3) is 7.78. The molecule has 2 heterocycles.